The lowest BCUT2D eigenvalue weighted by atomic mass is 10.2. The van der Waals surface area contributed by atoms with Gasteiger partial charge in [0.2, 0.25) is 0 Å². The summed E-state index contributed by atoms with van der Waals surface area (Å²) in [5.74, 6) is 0.447. The summed E-state index contributed by atoms with van der Waals surface area (Å²) in [6.45, 7) is 4.99. The molecule has 2 aromatic rings. The largest absolute Gasteiger partial charge is 0.369 e. The number of rotatable bonds is 7. The van der Waals surface area contributed by atoms with Crippen molar-refractivity contribution in [1.82, 2.24) is 10.2 Å². The summed E-state index contributed by atoms with van der Waals surface area (Å²) < 4.78 is 0. The highest BCUT2D eigenvalue weighted by Gasteiger charge is 2.09. The van der Waals surface area contributed by atoms with Crippen molar-refractivity contribution in [2.45, 2.75) is 33.1 Å². The fourth-order valence-electron chi connectivity index (χ4n) is 2.04. The Hall–Kier alpha value is -2.43. The third-order valence-corrected chi connectivity index (χ3v) is 3.38. The minimum absolute atomic E-state index is 0.251. The van der Waals surface area contributed by atoms with E-state index >= 15 is 0 Å². The standard InChI is InChI=1S/C17H22N4O/c1-3-4-7-12-18-16-11-10-15(20-21-16)17(22)19-14-9-6-5-8-13(14)2/h5-6,8-11H,3-4,7,12H2,1-2H3,(H,18,21)(H,19,22). The molecule has 0 aliphatic heterocycles. The van der Waals surface area contributed by atoms with Gasteiger partial charge >= 0.3 is 0 Å². The zero-order valence-corrected chi connectivity index (χ0v) is 13.1. The molecule has 0 bridgehead atoms. The van der Waals surface area contributed by atoms with Gasteiger partial charge in [0.1, 0.15) is 5.82 Å². The Kier molecular flexibility index (Phi) is 5.89. The first-order chi connectivity index (χ1) is 10.7. The molecule has 1 heterocycles. The number of nitrogens with zero attached hydrogens (tertiary/aromatic N) is 2. The minimum Gasteiger partial charge on any atom is -0.369 e. The van der Waals surface area contributed by atoms with Crippen LogP contribution in [-0.4, -0.2) is 22.6 Å². The predicted molar refractivity (Wildman–Crippen MR) is 89.2 cm³/mol. The lowest BCUT2D eigenvalue weighted by molar-refractivity contribution is 0.102. The van der Waals surface area contributed by atoms with Crippen molar-refractivity contribution < 1.29 is 4.79 Å². The topological polar surface area (TPSA) is 66.9 Å². The highest BCUT2D eigenvalue weighted by molar-refractivity contribution is 6.03. The lowest BCUT2D eigenvalue weighted by Gasteiger charge is -2.08. The second kappa shape index (κ2) is 8.12. The van der Waals surface area contributed by atoms with Crippen molar-refractivity contribution in [3.63, 3.8) is 0 Å². The number of unbranched alkanes of at least 4 members (excludes halogenated alkanes) is 2. The number of aryl methyl sites for hydroxylation is 1. The van der Waals surface area contributed by atoms with Crippen LogP contribution in [0.4, 0.5) is 11.5 Å². The molecule has 22 heavy (non-hydrogen) atoms. The molecule has 1 amide bonds. The molecule has 0 radical (unpaired) electrons. The van der Waals surface area contributed by atoms with Gasteiger partial charge in [0.25, 0.3) is 5.91 Å². The van der Waals surface area contributed by atoms with Gasteiger partial charge in [-0.2, -0.15) is 0 Å². The molecule has 0 aliphatic rings. The number of aromatic nitrogens is 2. The van der Waals surface area contributed by atoms with Gasteiger partial charge in [-0.05, 0) is 37.1 Å². The number of carbonyl (C=O) groups is 1. The fraction of sp³-hybridized carbons (Fsp3) is 0.353. The average Bonchev–Trinajstić information content (AvgIpc) is 2.54. The third-order valence-electron chi connectivity index (χ3n) is 3.38. The van der Waals surface area contributed by atoms with Crippen molar-refractivity contribution in [3.05, 3.63) is 47.7 Å². The summed E-state index contributed by atoms with van der Waals surface area (Å²) in [7, 11) is 0. The quantitative estimate of drug-likeness (QED) is 0.766. The van der Waals surface area contributed by atoms with Crippen LogP contribution >= 0.6 is 0 Å². The van der Waals surface area contributed by atoms with Crippen LogP contribution in [0.1, 0.15) is 42.2 Å². The lowest BCUT2D eigenvalue weighted by Crippen LogP contribution is -2.15. The van der Waals surface area contributed by atoms with Crippen LogP contribution in [0.5, 0.6) is 0 Å². The Morgan fingerprint density at radius 2 is 1.91 bits per heavy atom. The van der Waals surface area contributed by atoms with Crippen molar-refractivity contribution >= 4 is 17.4 Å². The Morgan fingerprint density at radius 1 is 1.09 bits per heavy atom. The summed E-state index contributed by atoms with van der Waals surface area (Å²) >= 11 is 0. The Labute approximate surface area is 131 Å². The van der Waals surface area contributed by atoms with Crippen LogP contribution in [0.2, 0.25) is 0 Å². The number of hydrogen-bond acceptors (Lipinski definition) is 4. The van der Waals surface area contributed by atoms with E-state index in [0.717, 1.165) is 24.2 Å². The number of carbonyl (C=O) groups excluding carboxylic acids is 1. The molecular weight excluding hydrogens is 276 g/mol. The van der Waals surface area contributed by atoms with E-state index in [1.54, 1.807) is 12.1 Å². The number of hydrogen-bond donors (Lipinski definition) is 2. The van der Waals surface area contributed by atoms with Crippen molar-refractivity contribution in [3.8, 4) is 0 Å². The normalized spacial score (nSPS) is 10.3. The van der Waals surface area contributed by atoms with Crippen LogP contribution in [0, 0.1) is 6.92 Å². The van der Waals surface area contributed by atoms with Gasteiger partial charge in [-0.1, -0.05) is 38.0 Å². The summed E-state index contributed by atoms with van der Waals surface area (Å²) in [4.78, 5) is 12.1. The minimum atomic E-state index is -0.251. The second-order valence-corrected chi connectivity index (χ2v) is 5.21. The Bertz CT molecular complexity index is 610. The monoisotopic (exact) mass is 298 g/mol. The van der Waals surface area contributed by atoms with Gasteiger partial charge in [0, 0.05) is 12.2 Å². The van der Waals surface area contributed by atoms with E-state index in [9.17, 15) is 4.79 Å². The van der Waals surface area contributed by atoms with E-state index in [4.69, 9.17) is 0 Å². The van der Waals surface area contributed by atoms with Gasteiger partial charge in [-0.25, -0.2) is 0 Å². The predicted octanol–water partition coefficient (Wildman–Crippen LogP) is 3.64. The Balaban J connectivity index is 1.92. The fourth-order valence-corrected chi connectivity index (χ4v) is 2.04. The molecule has 1 aromatic carbocycles. The maximum atomic E-state index is 12.1. The van der Waals surface area contributed by atoms with E-state index in [0.29, 0.717) is 11.5 Å². The molecule has 0 atom stereocenters. The zero-order valence-electron chi connectivity index (χ0n) is 13.1. The summed E-state index contributed by atoms with van der Waals surface area (Å²) in [6.07, 6.45) is 3.48. The molecule has 5 nitrogen and oxygen atoms in total. The first kappa shape index (κ1) is 15.9. The molecule has 0 aliphatic carbocycles. The van der Waals surface area contributed by atoms with Crippen LogP contribution in [0.25, 0.3) is 0 Å². The highest BCUT2D eigenvalue weighted by Crippen LogP contribution is 2.14. The van der Waals surface area contributed by atoms with Gasteiger partial charge < -0.3 is 10.6 Å². The van der Waals surface area contributed by atoms with Gasteiger partial charge in [0.05, 0.1) is 0 Å². The maximum Gasteiger partial charge on any atom is 0.276 e. The smallest absolute Gasteiger partial charge is 0.276 e. The summed E-state index contributed by atoms with van der Waals surface area (Å²) in [6, 6.07) is 11.1. The SMILES string of the molecule is CCCCCNc1ccc(C(=O)Nc2ccccc2C)nn1. The average molecular weight is 298 g/mol. The first-order valence-corrected chi connectivity index (χ1v) is 7.65. The van der Waals surface area contributed by atoms with E-state index in [2.05, 4.69) is 27.8 Å². The van der Waals surface area contributed by atoms with Gasteiger partial charge in [-0.3, -0.25) is 4.79 Å². The molecule has 0 saturated heterocycles. The van der Waals surface area contributed by atoms with Crippen LogP contribution in [-0.2, 0) is 0 Å². The van der Waals surface area contributed by atoms with E-state index in [-0.39, 0.29) is 5.91 Å². The van der Waals surface area contributed by atoms with Crippen LogP contribution in [0.15, 0.2) is 36.4 Å². The Morgan fingerprint density at radius 3 is 2.59 bits per heavy atom. The number of para-hydroxylation sites is 1. The van der Waals surface area contributed by atoms with Crippen LogP contribution in [0.3, 0.4) is 0 Å². The maximum absolute atomic E-state index is 12.1. The van der Waals surface area contributed by atoms with E-state index in [1.807, 2.05) is 31.2 Å². The molecule has 0 spiro atoms. The molecule has 0 fully saturated rings. The van der Waals surface area contributed by atoms with Gasteiger partial charge in [0.15, 0.2) is 5.69 Å². The number of anilines is 2. The van der Waals surface area contributed by atoms with E-state index < -0.39 is 0 Å². The molecule has 1 aromatic heterocycles. The van der Waals surface area contributed by atoms with Gasteiger partial charge in [-0.15, -0.1) is 10.2 Å². The van der Waals surface area contributed by atoms with Crippen LogP contribution < -0.4 is 10.6 Å². The van der Waals surface area contributed by atoms with Crippen molar-refractivity contribution in [1.29, 1.82) is 0 Å². The first-order valence-electron chi connectivity index (χ1n) is 7.65. The molecule has 5 heteroatoms. The molecular formula is C17H22N4O. The number of benzene rings is 1. The van der Waals surface area contributed by atoms with E-state index in [1.165, 1.54) is 12.8 Å². The van der Waals surface area contributed by atoms with Crippen molar-refractivity contribution in [2.24, 2.45) is 0 Å². The molecule has 2 rings (SSSR count). The molecule has 116 valence electrons. The molecule has 0 saturated carbocycles. The molecule has 2 N–H and O–H groups in total. The number of amides is 1. The highest BCUT2D eigenvalue weighted by atomic mass is 16.1. The van der Waals surface area contributed by atoms with Crippen molar-refractivity contribution in [2.75, 3.05) is 17.2 Å². The second-order valence-electron chi connectivity index (χ2n) is 5.21. The summed E-state index contributed by atoms with van der Waals surface area (Å²) in [5, 5.41) is 14.1. The third kappa shape index (κ3) is 4.55. The summed E-state index contributed by atoms with van der Waals surface area (Å²) in [5.41, 5.74) is 2.11. The molecule has 0 unspecified atom stereocenters. The number of nitrogens with one attached hydrogen (secondary N) is 2. The zero-order chi connectivity index (χ0) is 15.8.